The van der Waals surface area contributed by atoms with E-state index in [1.807, 2.05) is 13.8 Å². The molecule has 3 rings (SSSR count). The number of aryl methyl sites for hydroxylation is 2. The summed E-state index contributed by atoms with van der Waals surface area (Å²) in [6.07, 6.45) is 0.186. The van der Waals surface area contributed by atoms with Crippen molar-refractivity contribution in [3.05, 3.63) is 40.0 Å². The van der Waals surface area contributed by atoms with Crippen LogP contribution < -0.4 is 5.32 Å². The third kappa shape index (κ3) is 7.89. The molecule has 0 radical (unpaired) electrons. The molecule has 1 aromatic heterocycles. The van der Waals surface area contributed by atoms with Crippen LogP contribution >= 0.6 is 11.6 Å². The summed E-state index contributed by atoms with van der Waals surface area (Å²) in [7, 11) is 0. The number of hydrogen-bond donors (Lipinski definition) is 1. The van der Waals surface area contributed by atoms with Crippen LogP contribution in [0.25, 0.3) is 11.3 Å². The highest BCUT2D eigenvalue weighted by molar-refractivity contribution is 7.51. The van der Waals surface area contributed by atoms with E-state index in [0.717, 1.165) is 29.9 Å². The molecule has 1 amide bonds. The quantitative estimate of drug-likeness (QED) is 0.416. The molecule has 37 heavy (non-hydrogen) atoms. The van der Waals surface area contributed by atoms with Gasteiger partial charge in [0.2, 0.25) is 0 Å². The minimum absolute atomic E-state index is 0.119. The Morgan fingerprint density at radius 3 is 2.30 bits per heavy atom. The molecule has 1 aliphatic rings. The molecule has 206 valence electrons. The lowest BCUT2D eigenvalue weighted by Crippen LogP contribution is -2.34. The fourth-order valence-corrected chi connectivity index (χ4v) is 4.96. The number of hydrogen-bond acceptors (Lipinski definition) is 4. The highest BCUT2D eigenvalue weighted by atomic mass is 35.5. The van der Waals surface area contributed by atoms with Crippen molar-refractivity contribution in [1.29, 1.82) is 0 Å². The first-order chi connectivity index (χ1) is 17.2. The molecule has 0 spiro atoms. The Morgan fingerprint density at radius 2 is 1.78 bits per heavy atom. The van der Waals surface area contributed by atoms with Crippen LogP contribution in [0.15, 0.2) is 18.2 Å². The second-order valence-corrected chi connectivity index (χ2v) is 11.0. The van der Waals surface area contributed by atoms with Crippen molar-refractivity contribution in [2.75, 3.05) is 6.54 Å². The van der Waals surface area contributed by atoms with Crippen molar-refractivity contribution >= 4 is 29.1 Å². The average molecular weight is 562 g/mol. The molecule has 1 aromatic carbocycles. The summed E-state index contributed by atoms with van der Waals surface area (Å²) in [6.45, 7) is 9.54. The largest absolute Gasteiger partial charge is 0.394 e. The lowest BCUT2D eigenvalue weighted by Gasteiger charge is -2.28. The molecule has 0 atom stereocenters. The van der Waals surface area contributed by atoms with E-state index < -0.39 is 23.2 Å². The number of alkyl halides is 3. The van der Waals surface area contributed by atoms with Crippen molar-refractivity contribution in [2.45, 2.75) is 79.4 Å². The van der Waals surface area contributed by atoms with Crippen molar-refractivity contribution in [3.63, 3.8) is 0 Å². The van der Waals surface area contributed by atoms with Gasteiger partial charge >= 0.3 is 17.7 Å². The van der Waals surface area contributed by atoms with E-state index in [-0.39, 0.29) is 23.0 Å². The van der Waals surface area contributed by atoms with Crippen molar-refractivity contribution in [1.82, 2.24) is 15.1 Å². The normalized spacial score (nSPS) is 18.1. The molecule has 0 unspecified atom stereocenters. The van der Waals surface area contributed by atoms with E-state index in [4.69, 9.17) is 20.0 Å². The van der Waals surface area contributed by atoms with Crippen LogP contribution in [0.5, 0.6) is 0 Å². The first-order valence-electron chi connectivity index (χ1n) is 12.4. The number of amides is 1. The van der Waals surface area contributed by atoms with Crippen molar-refractivity contribution < 1.29 is 26.4 Å². The lowest BCUT2D eigenvalue weighted by atomic mass is 9.83. The monoisotopic (exact) mass is 561 g/mol. The molecule has 1 fully saturated rings. The SMILES string of the molecule is CCn1nc(C(=O)NCC2CCC(C)CC2)c(Cl)c1-c1ccc(CC(C)(C)C(F)(F)F)cc1C.O=S=O. The molecule has 11 heteroatoms. The summed E-state index contributed by atoms with van der Waals surface area (Å²) >= 11 is 5.91. The minimum atomic E-state index is -4.29. The first kappa shape index (κ1) is 31.0. The van der Waals surface area contributed by atoms with Gasteiger partial charge in [-0.05, 0) is 56.1 Å². The molecule has 1 N–H and O–H groups in total. The van der Waals surface area contributed by atoms with Crippen LogP contribution in [0, 0.1) is 24.2 Å². The van der Waals surface area contributed by atoms with E-state index in [1.54, 1.807) is 22.9 Å². The second kappa shape index (κ2) is 13.0. The summed E-state index contributed by atoms with van der Waals surface area (Å²) in [5.74, 6) is 0.930. The van der Waals surface area contributed by atoms with Gasteiger partial charge in [-0.15, -0.1) is 0 Å². The molecule has 2 aromatic rings. The van der Waals surface area contributed by atoms with E-state index in [0.29, 0.717) is 30.3 Å². The Hall–Kier alpha value is -2.20. The van der Waals surface area contributed by atoms with Crippen molar-refractivity contribution in [3.8, 4) is 11.3 Å². The molecule has 1 heterocycles. The van der Waals surface area contributed by atoms with Gasteiger partial charge in [-0.25, -0.2) is 0 Å². The first-order valence-corrected chi connectivity index (χ1v) is 13.4. The van der Waals surface area contributed by atoms with Gasteiger partial charge in [0.1, 0.15) is 0 Å². The second-order valence-electron chi connectivity index (χ2n) is 10.4. The average Bonchev–Trinajstić information content (AvgIpc) is 3.14. The molecule has 0 saturated heterocycles. The zero-order valence-electron chi connectivity index (χ0n) is 21.9. The van der Waals surface area contributed by atoms with Gasteiger partial charge in [0.05, 0.1) is 16.1 Å². The molecule has 0 aliphatic heterocycles. The van der Waals surface area contributed by atoms with Crippen LogP contribution in [-0.4, -0.2) is 36.8 Å². The third-order valence-corrected chi connectivity index (χ3v) is 7.41. The predicted octanol–water partition coefficient (Wildman–Crippen LogP) is 6.55. The predicted molar refractivity (Wildman–Crippen MR) is 139 cm³/mol. The van der Waals surface area contributed by atoms with E-state index in [2.05, 4.69) is 17.3 Å². The maximum absolute atomic E-state index is 13.3. The highest BCUT2D eigenvalue weighted by Gasteiger charge is 2.47. The van der Waals surface area contributed by atoms with Crippen LogP contribution in [0.4, 0.5) is 13.2 Å². The molecular formula is C26H35ClF3N3O3S. The van der Waals surface area contributed by atoms with E-state index in [9.17, 15) is 18.0 Å². The third-order valence-electron chi connectivity index (χ3n) is 7.06. The maximum Gasteiger partial charge on any atom is 0.394 e. The Morgan fingerprint density at radius 1 is 1.19 bits per heavy atom. The van der Waals surface area contributed by atoms with Crippen LogP contribution in [0.3, 0.4) is 0 Å². The Bertz CT molecular complexity index is 1120. The Kier molecular flexibility index (Phi) is 10.9. The topological polar surface area (TPSA) is 81.1 Å². The van der Waals surface area contributed by atoms with Crippen molar-refractivity contribution in [2.24, 2.45) is 17.3 Å². The number of carbonyl (C=O) groups excluding carboxylic acids is 1. The van der Waals surface area contributed by atoms with Gasteiger partial charge in [0, 0.05) is 18.7 Å². The zero-order valence-corrected chi connectivity index (χ0v) is 23.4. The number of aromatic nitrogens is 2. The molecular weight excluding hydrogens is 527 g/mol. The smallest absolute Gasteiger partial charge is 0.350 e. The summed E-state index contributed by atoms with van der Waals surface area (Å²) in [5.41, 5.74) is 1.11. The van der Waals surface area contributed by atoms with Crippen LogP contribution in [0.2, 0.25) is 5.02 Å². The lowest BCUT2D eigenvalue weighted by molar-refractivity contribution is -0.211. The van der Waals surface area contributed by atoms with E-state index >= 15 is 0 Å². The summed E-state index contributed by atoms with van der Waals surface area (Å²) in [6, 6.07) is 5.23. The number of halogens is 4. The van der Waals surface area contributed by atoms with Crippen LogP contribution in [0.1, 0.15) is 75.0 Å². The number of carbonyl (C=O) groups is 1. The van der Waals surface area contributed by atoms with Gasteiger partial charge in [-0.1, -0.05) is 63.4 Å². The summed E-state index contributed by atoms with van der Waals surface area (Å²) in [4.78, 5) is 12.9. The molecule has 6 nitrogen and oxygen atoms in total. The number of rotatable bonds is 7. The number of nitrogens with one attached hydrogen (secondary N) is 1. The zero-order chi connectivity index (χ0) is 28.0. The van der Waals surface area contributed by atoms with Gasteiger partial charge in [0.15, 0.2) is 5.69 Å². The van der Waals surface area contributed by atoms with E-state index in [1.165, 1.54) is 26.7 Å². The summed E-state index contributed by atoms with van der Waals surface area (Å²) < 4.78 is 58.2. The minimum Gasteiger partial charge on any atom is -0.350 e. The molecule has 1 aliphatic carbocycles. The summed E-state index contributed by atoms with van der Waals surface area (Å²) in [5, 5.41) is 7.72. The highest BCUT2D eigenvalue weighted by Crippen LogP contribution is 2.41. The molecule has 0 bridgehead atoms. The number of nitrogens with zero attached hydrogens (tertiary/aromatic N) is 2. The fraction of sp³-hybridized carbons (Fsp3) is 0.615. The molecule has 1 saturated carbocycles. The Labute approximate surface area is 225 Å². The van der Waals surface area contributed by atoms with Gasteiger partial charge in [-0.2, -0.15) is 26.7 Å². The van der Waals surface area contributed by atoms with Gasteiger partial charge < -0.3 is 5.32 Å². The fourth-order valence-electron chi connectivity index (χ4n) is 4.64. The maximum atomic E-state index is 13.3. The Balaban J connectivity index is 0.00000153. The van der Waals surface area contributed by atoms with Crippen LogP contribution in [-0.2, 0) is 24.5 Å². The standard InChI is InChI=1S/C26H35ClF3N3O.O2S/c1-6-33-23(20-12-11-19(13-17(20)3)14-25(4,5)26(28,29)30)21(27)22(32-33)24(34)31-15-18-9-7-16(2)8-10-18;1-3-2/h11-13,16,18H,6-10,14-15H2,1-5H3,(H,31,34);. The van der Waals surface area contributed by atoms with Gasteiger partial charge in [-0.3, -0.25) is 9.48 Å². The van der Waals surface area contributed by atoms with Gasteiger partial charge in [0.25, 0.3) is 5.91 Å². The number of benzene rings is 1.